The van der Waals surface area contributed by atoms with Crippen LogP contribution in [0.1, 0.15) is 56.9 Å². The molecule has 0 radical (unpaired) electrons. The number of ether oxygens (including phenoxy) is 3. The highest BCUT2D eigenvalue weighted by atomic mass is 16.7. The summed E-state index contributed by atoms with van der Waals surface area (Å²) in [6, 6.07) is 10.4. The highest BCUT2D eigenvalue weighted by Gasteiger charge is 2.28. The van der Waals surface area contributed by atoms with Gasteiger partial charge in [-0.2, -0.15) is 0 Å². The summed E-state index contributed by atoms with van der Waals surface area (Å²) >= 11 is 0. The topological polar surface area (TPSA) is 52.9 Å². The van der Waals surface area contributed by atoms with Crippen molar-refractivity contribution in [2.75, 3.05) is 6.79 Å². The molecular formula is C22H28N2O3. The molecule has 1 aromatic heterocycles. The van der Waals surface area contributed by atoms with E-state index < -0.39 is 0 Å². The van der Waals surface area contributed by atoms with Crippen LogP contribution < -0.4 is 9.47 Å². The lowest BCUT2D eigenvalue weighted by Gasteiger charge is -2.20. The Hall–Kier alpha value is -2.56. The zero-order valence-corrected chi connectivity index (χ0v) is 16.7. The molecule has 27 heavy (non-hydrogen) atoms. The van der Waals surface area contributed by atoms with Crippen LogP contribution in [0.5, 0.6) is 11.5 Å². The van der Waals surface area contributed by atoms with Gasteiger partial charge >= 0.3 is 0 Å². The first-order chi connectivity index (χ1) is 13.1. The molecule has 0 aliphatic carbocycles. The van der Waals surface area contributed by atoms with Crippen molar-refractivity contribution in [2.45, 2.75) is 59.1 Å². The Morgan fingerprint density at radius 1 is 1.11 bits per heavy atom. The third-order valence-corrected chi connectivity index (χ3v) is 4.95. The second-order valence-corrected chi connectivity index (χ2v) is 6.63. The molecule has 5 heteroatoms. The van der Waals surface area contributed by atoms with Gasteiger partial charge in [0.15, 0.2) is 17.4 Å². The lowest BCUT2D eigenvalue weighted by Crippen LogP contribution is -2.16. The molecule has 0 spiro atoms. The minimum absolute atomic E-state index is 0.111. The first-order valence-electron chi connectivity index (χ1n) is 9.66. The third-order valence-electron chi connectivity index (χ3n) is 4.95. The van der Waals surface area contributed by atoms with Crippen LogP contribution in [0.15, 0.2) is 41.5 Å². The number of benzene rings is 1. The summed E-state index contributed by atoms with van der Waals surface area (Å²) in [5, 5.41) is 0. The second-order valence-electron chi connectivity index (χ2n) is 6.63. The van der Waals surface area contributed by atoms with Crippen molar-refractivity contribution in [3.63, 3.8) is 0 Å². The van der Waals surface area contributed by atoms with Crippen molar-refractivity contribution in [3.8, 4) is 11.5 Å². The van der Waals surface area contributed by atoms with Gasteiger partial charge < -0.3 is 14.2 Å². The van der Waals surface area contributed by atoms with Crippen LogP contribution >= 0.6 is 0 Å². The van der Waals surface area contributed by atoms with Crippen LogP contribution in [0, 0.1) is 6.92 Å². The zero-order valence-electron chi connectivity index (χ0n) is 16.7. The number of aromatic nitrogens is 1. The van der Waals surface area contributed by atoms with Gasteiger partial charge in [-0.3, -0.25) is 4.98 Å². The molecule has 0 fully saturated rings. The van der Waals surface area contributed by atoms with Gasteiger partial charge in [0, 0.05) is 24.2 Å². The number of aryl methyl sites for hydroxylation is 1. The van der Waals surface area contributed by atoms with Gasteiger partial charge in [0.05, 0.1) is 6.04 Å². The number of hydrogen-bond acceptors (Lipinski definition) is 5. The Kier molecular flexibility index (Phi) is 5.99. The van der Waals surface area contributed by atoms with Crippen LogP contribution in [-0.4, -0.2) is 29.8 Å². The molecule has 0 N–H and O–H groups in total. The van der Waals surface area contributed by atoms with Gasteiger partial charge in [-0.05, 0) is 50.1 Å². The van der Waals surface area contributed by atoms with E-state index in [-0.39, 0.29) is 24.9 Å². The molecule has 2 aromatic rings. The molecule has 2 aliphatic rings. The van der Waals surface area contributed by atoms with Gasteiger partial charge in [-0.25, -0.2) is 4.99 Å². The van der Waals surface area contributed by atoms with Gasteiger partial charge in [-0.1, -0.05) is 26.0 Å². The van der Waals surface area contributed by atoms with E-state index in [0.29, 0.717) is 6.42 Å². The molecule has 3 atom stereocenters. The smallest absolute Gasteiger partial charge is 0.231 e. The molecule has 3 heterocycles. The molecule has 144 valence electrons. The van der Waals surface area contributed by atoms with Crippen LogP contribution in [0.2, 0.25) is 0 Å². The summed E-state index contributed by atoms with van der Waals surface area (Å²) in [5.74, 6) is 2.51. The molecule has 0 saturated heterocycles. The summed E-state index contributed by atoms with van der Waals surface area (Å²) < 4.78 is 17.0. The van der Waals surface area contributed by atoms with E-state index in [4.69, 9.17) is 14.2 Å². The minimum Gasteiger partial charge on any atom is -0.476 e. The second kappa shape index (κ2) is 8.42. The monoisotopic (exact) mass is 368 g/mol. The molecule has 0 bridgehead atoms. The summed E-state index contributed by atoms with van der Waals surface area (Å²) in [7, 11) is 0. The average Bonchev–Trinajstić information content (AvgIpc) is 3.27. The summed E-state index contributed by atoms with van der Waals surface area (Å²) in [6.07, 6.45) is 2.66. The van der Waals surface area contributed by atoms with Crippen molar-refractivity contribution in [3.05, 3.63) is 53.3 Å². The van der Waals surface area contributed by atoms with Gasteiger partial charge in [-0.15, -0.1) is 0 Å². The average molecular weight is 368 g/mol. The largest absolute Gasteiger partial charge is 0.476 e. The fraction of sp³-hybridized carbons (Fsp3) is 0.455. The summed E-state index contributed by atoms with van der Waals surface area (Å²) in [6.45, 7) is 10.5. The highest BCUT2D eigenvalue weighted by Crippen LogP contribution is 2.38. The SMILES string of the molecule is CC.Cc1ncccc1[C@@H](CC1=NC(C)C(C)O1)c1ccc2c(c1)OCO2. The Balaban J connectivity index is 0.00000102. The van der Waals surface area contributed by atoms with Crippen molar-refractivity contribution >= 4 is 5.90 Å². The van der Waals surface area contributed by atoms with E-state index in [1.807, 2.05) is 39.1 Å². The van der Waals surface area contributed by atoms with E-state index >= 15 is 0 Å². The normalized spacial score (nSPS) is 21.0. The maximum Gasteiger partial charge on any atom is 0.231 e. The van der Waals surface area contributed by atoms with E-state index in [9.17, 15) is 0 Å². The third kappa shape index (κ3) is 4.07. The van der Waals surface area contributed by atoms with Crippen LogP contribution in [0.25, 0.3) is 0 Å². The number of pyridine rings is 1. The first-order valence-corrected chi connectivity index (χ1v) is 9.66. The molecule has 0 amide bonds. The number of fused-ring (bicyclic) bond motifs is 1. The molecule has 4 rings (SSSR count). The Morgan fingerprint density at radius 2 is 1.89 bits per heavy atom. The van der Waals surface area contributed by atoms with Crippen molar-refractivity contribution < 1.29 is 14.2 Å². The molecule has 2 unspecified atom stereocenters. The first kappa shape index (κ1) is 19.2. The van der Waals surface area contributed by atoms with Gasteiger partial charge in [0.1, 0.15) is 6.10 Å². The number of aliphatic imine (C=N–C) groups is 1. The lowest BCUT2D eigenvalue weighted by atomic mass is 9.87. The Bertz CT molecular complexity index is 819. The number of nitrogens with zero attached hydrogens (tertiary/aromatic N) is 2. The van der Waals surface area contributed by atoms with Crippen LogP contribution in [0.3, 0.4) is 0 Å². The van der Waals surface area contributed by atoms with E-state index in [2.05, 4.69) is 42.0 Å². The zero-order chi connectivity index (χ0) is 19.4. The van der Waals surface area contributed by atoms with Crippen LogP contribution in [-0.2, 0) is 4.74 Å². The number of hydrogen-bond donors (Lipinski definition) is 0. The molecule has 1 aromatic carbocycles. The number of rotatable bonds is 4. The summed E-state index contributed by atoms with van der Waals surface area (Å²) in [5.41, 5.74) is 3.35. The predicted molar refractivity (Wildman–Crippen MR) is 107 cm³/mol. The van der Waals surface area contributed by atoms with Crippen molar-refractivity contribution in [1.82, 2.24) is 4.98 Å². The van der Waals surface area contributed by atoms with Crippen LogP contribution in [0.4, 0.5) is 0 Å². The standard InChI is InChI=1S/C20H22N2O3.C2H6/c1-12-14(3)25-20(22-12)10-17(16-5-4-8-21-13(16)2)15-6-7-18-19(9-15)24-11-23-18;1-2/h4-9,12,14,17H,10-11H2,1-3H3;1-2H3/t12?,14?,17-;/m0./s1. The maximum atomic E-state index is 5.95. The van der Waals surface area contributed by atoms with E-state index in [1.165, 1.54) is 5.56 Å². The summed E-state index contributed by atoms with van der Waals surface area (Å²) in [4.78, 5) is 9.15. The Labute approximate surface area is 161 Å². The minimum atomic E-state index is 0.111. The lowest BCUT2D eigenvalue weighted by molar-refractivity contribution is 0.174. The quantitative estimate of drug-likeness (QED) is 0.772. The fourth-order valence-corrected chi connectivity index (χ4v) is 3.35. The highest BCUT2D eigenvalue weighted by molar-refractivity contribution is 5.79. The van der Waals surface area contributed by atoms with Gasteiger partial charge in [0.25, 0.3) is 0 Å². The van der Waals surface area contributed by atoms with Crippen molar-refractivity contribution in [2.24, 2.45) is 4.99 Å². The predicted octanol–water partition coefficient (Wildman–Crippen LogP) is 4.87. The van der Waals surface area contributed by atoms with Gasteiger partial charge in [0.2, 0.25) is 6.79 Å². The molecule has 2 aliphatic heterocycles. The molecule has 5 nitrogen and oxygen atoms in total. The molecular weight excluding hydrogens is 340 g/mol. The fourth-order valence-electron chi connectivity index (χ4n) is 3.35. The van der Waals surface area contributed by atoms with E-state index in [0.717, 1.165) is 28.7 Å². The molecule has 0 saturated carbocycles. The van der Waals surface area contributed by atoms with E-state index in [1.54, 1.807) is 0 Å². The van der Waals surface area contributed by atoms with Crippen molar-refractivity contribution in [1.29, 1.82) is 0 Å². The maximum absolute atomic E-state index is 5.95. The Morgan fingerprint density at radius 3 is 2.59 bits per heavy atom.